The summed E-state index contributed by atoms with van der Waals surface area (Å²) in [6.45, 7) is 0. The highest BCUT2D eigenvalue weighted by Gasteiger charge is 2.40. The van der Waals surface area contributed by atoms with Crippen LogP contribution in [-0.2, 0) is 11.3 Å². The first-order valence-electron chi connectivity index (χ1n) is 8.73. The van der Waals surface area contributed by atoms with Crippen LogP contribution in [0.4, 0.5) is 5.82 Å². The Kier molecular flexibility index (Phi) is 4.97. The molecule has 0 aliphatic rings. The van der Waals surface area contributed by atoms with Crippen LogP contribution in [-0.4, -0.2) is 4.98 Å². The van der Waals surface area contributed by atoms with Crippen LogP contribution in [0.5, 0.6) is 0 Å². The number of rotatable bonds is 5. The summed E-state index contributed by atoms with van der Waals surface area (Å²) in [6, 6.07) is 29.4. The van der Waals surface area contributed by atoms with E-state index in [1.807, 2.05) is 17.5 Å². The average Bonchev–Trinajstić information content (AvgIpc) is 3.17. The van der Waals surface area contributed by atoms with Crippen molar-refractivity contribution in [3.63, 3.8) is 0 Å². The monoisotopic (exact) mass is 390 g/mol. The molecule has 0 saturated heterocycles. The minimum atomic E-state index is -0.532. The normalized spacial score (nSPS) is 11.4. The van der Waals surface area contributed by atoms with Gasteiger partial charge in [0.25, 0.3) is 0 Å². The van der Waals surface area contributed by atoms with Crippen molar-refractivity contribution in [3.05, 3.63) is 118 Å². The van der Waals surface area contributed by atoms with Gasteiger partial charge in [-0.2, -0.15) is 0 Å². The van der Waals surface area contributed by atoms with E-state index in [9.17, 15) is 0 Å². The molecule has 0 fully saturated rings. The molecule has 2 N–H and O–H groups in total. The number of hydrogen-bond donors (Lipinski definition) is 1. The molecule has 1 heterocycles. The van der Waals surface area contributed by atoms with Crippen LogP contribution in [0, 0.1) is 0 Å². The van der Waals surface area contributed by atoms with Crippen LogP contribution in [0.25, 0.3) is 0 Å². The highest BCUT2D eigenvalue weighted by atomic mass is 35.5. The van der Waals surface area contributed by atoms with E-state index in [0.29, 0.717) is 11.7 Å². The molecule has 4 rings (SSSR count). The number of nitrogens with two attached hydrogens (primary N) is 1. The van der Waals surface area contributed by atoms with Gasteiger partial charge in [0.1, 0.15) is 10.8 Å². The van der Waals surface area contributed by atoms with Gasteiger partial charge >= 0.3 is 0 Å². The standard InChI is InChI=1S/C23H19ClN2S/c24-15-17-11-13-20(14-12-17)23(18-7-3-1-4-8-18,19-9-5-2-6-10-19)22-26-21(25)16-27-22/h1-14,16H,15,25H2. The number of anilines is 1. The van der Waals surface area contributed by atoms with Crippen LogP contribution in [0.1, 0.15) is 27.3 Å². The number of alkyl halides is 1. The van der Waals surface area contributed by atoms with Gasteiger partial charge < -0.3 is 5.73 Å². The number of thiazole rings is 1. The summed E-state index contributed by atoms with van der Waals surface area (Å²) in [4.78, 5) is 4.73. The molecule has 0 bridgehead atoms. The Morgan fingerprint density at radius 3 is 1.74 bits per heavy atom. The lowest BCUT2D eigenvalue weighted by Crippen LogP contribution is -2.31. The maximum atomic E-state index is 6.04. The van der Waals surface area contributed by atoms with Gasteiger partial charge in [-0.1, -0.05) is 84.9 Å². The number of hydrogen-bond acceptors (Lipinski definition) is 3. The van der Waals surface area contributed by atoms with E-state index in [0.717, 1.165) is 27.3 Å². The molecule has 0 aliphatic heterocycles. The molecule has 0 unspecified atom stereocenters. The maximum Gasteiger partial charge on any atom is 0.134 e. The fourth-order valence-corrected chi connectivity index (χ4v) is 4.70. The molecular formula is C23H19ClN2S. The smallest absolute Gasteiger partial charge is 0.134 e. The molecule has 4 aromatic rings. The van der Waals surface area contributed by atoms with E-state index in [2.05, 4.69) is 72.8 Å². The van der Waals surface area contributed by atoms with Gasteiger partial charge in [0.2, 0.25) is 0 Å². The Bertz CT molecular complexity index is 972. The second kappa shape index (κ2) is 7.55. The van der Waals surface area contributed by atoms with E-state index in [-0.39, 0.29) is 0 Å². The summed E-state index contributed by atoms with van der Waals surface area (Å²) in [7, 11) is 0. The number of aromatic nitrogens is 1. The maximum absolute atomic E-state index is 6.04. The first kappa shape index (κ1) is 17.8. The summed E-state index contributed by atoms with van der Waals surface area (Å²) >= 11 is 7.61. The summed E-state index contributed by atoms with van der Waals surface area (Å²) in [5.74, 6) is 1.04. The summed E-state index contributed by atoms with van der Waals surface area (Å²) in [5.41, 5.74) is 10.1. The van der Waals surface area contributed by atoms with Crippen molar-refractivity contribution in [2.24, 2.45) is 0 Å². The third-order valence-electron chi connectivity index (χ3n) is 4.80. The highest BCUT2D eigenvalue weighted by molar-refractivity contribution is 7.10. The van der Waals surface area contributed by atoms with Crippen LogP contribution in [0.15, 0.2) is 90.3 Å². The van der Waals surface area contributed by atoms with Crippen molar-refractivity contribution < 1.29 is 0 Å². The number of nitrogen functional groups attached to an aromatic ring is 1. The minimum Gasteiger partial charge on any atom is -0.383 e. The third kappa shape index (κ3) is 3.14. The van der Waals surface area contributed by atoms with Crippen molar-refractivity contribution in [2.75, 3.05) is 5.73 Å². The van der Waals surface area contributed by atoms with Gasteiger partial charge in [-0.15, -0.1) is 22.9 Å². The lowest BCUT2D eigenvalue weighted by atomic mass is 9.69. The first-order valence-corrected chi connectivity index (χ1v) is 10.1. The van der Waals surface area contributed by atoms with Crippen molar-refractivity contribution in [1.29, 1.82) is 0 Å². The molecule has 0 radical (unpaired) electrons. The highest BCUT2D eigenvalue weighted by Crippen LogP contribution is 2.46. The molecule has 27 heavy (non-hydrogen) atoms. The quantitative estimate of drug-likeness (QED) is 0.343. The Morgan fingerprint density at radius 1 is 0.778 bits per heavy atom. The second-order valence-electron chi connectivity index (χ2n) is 6.39. The minimum absolute atomic E-state index is 0.494. The van der Waals surface area contributed by atoms with Gasteiger partial charge in [0.05, 0.1) is 5.41 Å². The Labute approximate surface area is 168 Å². The molecule has 2 nitrogen and oxygen atoms in total. The summed E-state index contributed by atoms with van der Waals surface area (Å²) in [6.07, 6.45) is 0. The van der Waals surface area contributed by atoms with Crippen molar-refractivity contribution in [3.8, 4) is 0 Å². The molecule has 0 aliphatic carbocycles. The molecule has 0 atom stereocenters. The summed E-state index contributed by atoms with van der Waals surface area (Å²) < 4.78 is 0. The molecule has 3 aromatic carbocycles. The van der Waals surface area contributed by atoms with Crippen LogP contribution >= 0.6 is 22.9 Å². The van der Waals surface area contributed by atoms with Gasteiger partial charge in [-0.25, -0.2) is 4.98 Å². The average molecular weight is 391 g/mol. The first-order chi connectivity index (χ1) is 13.2. The number of halogens is 1. The molecular weight excluding hydrogens is 372 g/mol. The molecule has 0 saturated carbocycles. The Balaban J connectivity index is 2.08. The predicted octanol–water partition coefficient (Wildman–Crippen LogP) is 5.85. The molecule has 4 heteroatoms. The van der Waals surface area contributed by atoms with Gasteiger partial charge in [0.15, 0.2) is 0 Å². The predicted molar refractivity (Wildman–Crippen MR) is 114 cm³/mol. The topological polar surface area (TPSA) is 38.9 Å². The largest absolute Gasteiger partial charge is 0.383 e. The Hall–Kier alpha value is -2.62. The molecule has 0 amide bonds. The number of benzene rings is 3. The summed E-state index contributed by atoms with van der Waals surface area (Å²) in [5, 5.41) is 2.86. The van der Waals surface area contributed by atoms with Gasteiger partial charge in [-0.3, -0.25) is 0 Å². The molecule has 1 aromatic heterocycles. The third-order valence-corrected chi connectivity index (χ3v) is 6.09. The fourth-order valence-electron chi connectivity index (χ4n) is 3.55. The van der Waals surface area contributed by atoms with Crippen LogP contribution in [0.2, 0.25) is 0 Å². The van der Waals surface area contributed by atoms with Crippen molar-refractivity contribution in [2.45, 2.75) is 11.3 Å². The van der Waals surface area contributed by atoms with Crippen molar-refractivity contribution in [1.82, 2.24) is 4.98 Å². The van der Waals surface area contributed by atoms with Crippen LogP contribution < -0.4 is 5.73 Å². The van der Waals surface area contributed by atoms with E-state index in [4.69, 9.17) is 22.3 Å². The van der Waals surface area contributed by atoms with Crippen molar-refractivity contribution >= 4 is 28.8 Å². The fraction of sp³-hybridized carbons (Fsp3) is 0.0870. The second-order valence-corrected chi connectivity index (χ2v) is 7.52. The van der Waals surface area contributed by atoms with E-state index in [1.165, 1.54) is 0 Å². The molecule has 134 valence electrons. The van der Waals surface area contributed by atoms with E-state index in [1.54, 1.807) is 11.3 Å². The van der Waals surface area contributed by atoms with E-state index < -0.39 is 5.41 Å². The zero-order valence-corrected chi connectivity index (χ0v) is 16.3. The number of nitrogens with zero attached hydrogens (tertiary/aromatic N) is 1. The molecule has 0 spiro atoms. The van der Waals surface area contributed by atoms with Crippen LogP contribution in [0.3, 0.4) is 0 Å². The van der Waals surface area contributed by atoms with Gasteiger partial charge in [0, 0.05) is 11.3 Å². The zero-order valence-electron chi connectivity index (χ0n) is 14.7. The SMILES string of the molecule is Nc1csc(C(c2ccccc2)(c2ccccc2)c2ccc(CCl)cc2)n1. The van der Waals surface area contributed by atoms with Gasteiger partial charge in [-0.05, 0) is 22.3 Å². The lowest BCUT2D eigenvalue weighted by molar-refractivity contribution is 0.737. The van der Waals surface area contributed by atoms with E-state index >= 15 is 0 Å². The lowest BCUT2D eigenvalue weighted by Gasteiger charge is -2.34. The Morgan fingerprint density at radius 2 is 1.30 bits per heavy atom. The zero-order chi connectivity index (χ0) is 18.7.